The van der Waals surface area contributed by atoms with Gasteiger partial charge >= 0.3 is 0 Å². The molecule has 4 aliphatic rings. The van der Waals surface area contributed by atoms with E-state index in [9.17, 15) is 9.90 Å². The first kappa shape index (κ1) is 13.8. The summed E-state index contributed by atoms with van der Waals surface area (Å²) in [5, 5.41) is 10.2. The van der Waals surface area contributed by atoms with Crippen molar-refractivity contribution < 1.29 is 9.90 Å². The Labute approximate surface area is 127 Å². The number of allylic oxidation sites excluding steroid dienone is 3. The van der Waals surface area contributed by atoms with Crippen molar-refractivity contribution in [2.75, 3.05) is 0 Å². The van der Waals surface area contributed by atoms with Gasteiger partial charge in [0.2, 0.25) is 0 Å². The van der Waals surface area contributed by atoms with E-state index >= 15 is 0 Å². The van der Waals surface area contributed by atoms with Crippen molar-refractivity contribution in [1.29, 1.82) is 0 Å². The van der Waals surface area contributed by atoms with Gasteiger partial charge in [-0.2, -0.15) is 0 Å². The van der Waals surface area contributed by atoms with E-state index in [0.29, 0.717) is 17.6 Å². The third-order valence-corrected chi connectivity index (χ3v) is 7.04. The van der Waals surface area contributed by atoms with E-state index in [1.54, 1.807) is 5.57 Å². The van der Waals surface area contributed by atoms with Crippen molar-refractivity contribution in [2.24, 2.45) is 22.7 Å². The first-order valence-corrected chi connectivity index (χ1v) is 8.55. The summed E-state index contributed by atoms with van der Waals surface area (Å²) in [4.78, 5) is 12.0. The summed E-state index contributed by atoms with van der Waals surface area (Å²) in [6.45, 7) is 4.67. The highest BCUT2D eigenvalue weighted by Crippen LogP contribution is 2.63. The first-order chi connectivity index (χ1) is 9.92. The molecule has 0 aromatic rings. The van der Waals surface area contributed by atoms with Crippen molar-refractivity contribution >= 4 is 5.78 Å². The number of ketones is 1. The minimum Gasteiger partial charge on any atom is -0.393 e. The lowest BCUT2D eigenvalue weighted by molar-refractivity contribution is -0.115. The molecule has 0 heterocycles. The molecule has 0 aromatic heterocycles. The second-order valence-corrected chi connectivity index (χ2v) is 8.33. The van der Waals surface area contributed by atoms with Crippen LogP contribution in [0.2, 0.25) is 0 Å². The zero-order chi connectivity index (χ0) is 14.8. The molecule has 0 aromatic carbocycles. The first-order valence-electron chi connectivity index (χ1n) is 8.55. The third kappa shape index (κ3) is 1.84. The van der Waals surface area contributed by atoms with E-state index in [0.717, 1.165) is 32.1 Å². The Kier molecular flexibility index (Phi) is 2.83. The Balaban J connectivity index is 1.74. The predicted octanol–water partition coefficient (Wildman–Crippen LogP) is 3.80. The van der Waals surface area contributed by atoms with Crippen molar-refractivity contribution in [3.63, 3.8) is 0 Å². The summed E-state index contributed by atoms with van der Waals surface area (Å²) in [6.07, 6.45) is 11.3. The molecule has 0 aliphatic heterocycles. The summed E-state index contributed by atoms with van der Waals surface area (Å²) in [5.74, 6) is 1.53. The zero-order valence-electron chi connectivity index (χ0n) is 13.2. The normalized spacial score (nSPS) is 48.9. The van der Waals surface area contributed by atoms with E-state index in [1.807, 2.05) is 6.08 Å². The molecule has 2 fully saturated rings. The number of fused-ring (bicyclic) bond motifs is 5. The van der Waals surface area contributed by atoms with Crippen LogP contribution in [0.1, 0.15) is 58.8 Å². The van der Waals surface area contributed by atoms with Gasteiger partial charge in [0.25, 0.3) is 0 Å². The van der Waals surface area contributed by atoms with Crippen LogP contribution in [0.5, 0.6) is 0 Å². The SMILES string of the molecule is C[C@]12CC[C@H]3[C@@H](CCC4=CCC(O)C[C@@]43C)C1=CC(=O)C2. The van der Waals surface area contributed by atoms with Gasteiger partial charge in [-0.25, -0.2) is 0 Å². The Morgan fingerprint density at radius 3 is 2.90 bits per heavy atom. The van der Waals surface area contributed by atoms with Gasteiger partial charge in [-0.15, -0.1) is 0 Å². The van der Waals surface area contributed by atoms with Crippen molar-refractivity contribution in [3.8, 4) is 0 Å². The molecule has 0 radical (unpaired) electrons. The van der Waals surface area contributed by atoms with Crippen LogP contribution in [0.25, 0.3) is 0 Å². The fraction of sp³-hybridized carbons (Fsp3) is 0.737. The fourth-order valence-corrected chi connectivity index (χ4v) is 5.99. The molecule has 21 heavy (non-hydrogen) atoms. The maximum Gasteiger partial charge on any atom is 0.156 e. The highest BCUT2D eigenvalue weighted by Gasteiger charge is 2.54. The average molecular weight is 286 g/mol. The van der Waals surface area contributed by atoms with Crippen LogP contribution in [0.15, 0.2) is 23.3 Å². The zero-order valence-corrected chi connectivity index (χ0v) is 13.2. The van der Waals surface area contributed by atoms with Gasteiger partial charge in [-0.1, -0.05) is 31.1 Å². The smallest absolute Gasteiger partial charge is 0.156 e. The Morgan fingerprint density at radius 2 is 2.10 bits per heavy atom. The lowest BCUT2D eigenvalue weighted by Crippen LogP contribution is -2.47. The molecule has 2 saturated carbocycles. The number of hydrogen-bond donors (Lipinski definition) is 1. The molecule has 2 heteroatoms. The number of rotatable bonds is 0. The average Bonchev–Trinajstić information content (AvgIpc) is 2.72. The van der Waals surface area contributed by atoms with E-state index in [2.05, 4.69) is 19.9 Å². The number of aliphatic hydroxyl groups excluding tert-OH is 1. The minimum atomic E-state index is -0.176. The number of carbonyl (C=O) groups excluding carboxylic acids is 1. The predicted molar refractivity (Wildman–Crippen MR) is 82.7 cm³/mol. The van der Waals surface area contributed by atoms with Crippen LogP contribution in [-0.4, -0.2) is 17.0 Å². The third-order valence-electron chi connectivity index (χ3n) is 7.04. The van der Waals surface area contributed by atoms with E-state index in [4.69, 9.17) is 0 Å². The molecule has 4 aliphatic carbocycles. The quantitative estimate of drug-likeness (QED) is 0.688. The lowest BCUT2D eigenvalue weighted by atomic mass is 9.49. The van der Waals surface area contributed by atoms with E-state index < -0.39 is 0 Å². The topological polar surface area (TPSA) is 37.3 Å². The molecule has 1 unspecified atom stereocenters. The second kappa shape index (κ2) is 4.32. The van der Waals surface area contributed by atoms with Gasteiger partial charge in [0, 0.05) is 6.42 Å². The molecule has 1 N–H and O–H groups in total. The van der Waals surface area contributed by atoms with E-state index in [-0.39, 0.29) is 16.9 Å². The van der Waals surface area contributed by atoms with Crippen LogP contribution in [-0.2, 0) is 4.79 Å². The van der Waals surface area contributed by atoms with Gasteiger partial charge < -0.3 is 5.11 Å². The van der Waals surface area contributed by atoms with Crippen molar-refractivity contribution in [1.82, 2.24) is 0 Å². The molecule has 0 spiro atoms. The fourth-order valence-electron chi connectivity index (χ4n) is 5.99. The molecule has 114 valence electrons. The molecule has 4 rings (SSSR count). The molecule has 0 bridgehead atoms. The molecular formula is C19H26O2. The maximum atomic E-state index is 12.0. The largest absolute Gasteiger partial charge is 0.393 e. The van der Waals surface area contributed by atoms with Crippen molar-refractivity contribution in [2.45, 2.75) is 64.9 Å². The van der Waals surface area contributed by atoms with Crippen LogP contribution in [0.3, 0.4) is 0 Å². The number of carbonyl (C=O) groups is 1. The van der Waals surface area contributed by atoms with Gasteiger partial charge in [-0.3, -0.25) is 4.79 Å². The molecular weight excluding hydrogens is 260 g/mol. The summed E-state index contributed by atoms with van der Waals surface area (Å²) >= 11 is 0. The van der Waals surface area contributed by atoms with Gasteiger partial charge in [0.15, 0.2) is 5.78 Å². The number of aliphatic hydroxyl groups is 1. The van der Waals surface area contributed by atoms with Gasteiger partial charge in [0.05, 0.1) is 6.10 Å². The van der Waals surface area contributed by atoms with E-state index in [1.165, 1.54) is 18.4 Å². The monoisotopic (exact) mass is 286 g/mol. The Bertz CT molecular complexity index is 558. The van der Waals surface area contributed by atoms with Crippen LogP contribution >= 0.6 is 0 Å². The Morgan fingerprint density at radius 1 is 1.29 bits per heavy atom. The van der Waals surface area contributed by atoms with Crippen molar-refractivity contribution in [3.05, 3.63) is 23.3 Å². The minimum absolute atomic E-state index is 0.142. The van der Waals surface area contributed by atoms with Gasteiger partial charge in [0.1, 0.15) is 0 Å². The summed E-state index contributed by atoms with van der Waals surface area (Å²) in [6, 6.07) is 0. The van der Waals surface area contributed by atoms with Crippen LogP contribution in [0.4, 0.5) is 0 Å². The highest BCUT2D eigenvalue weighted by atomic mass is 16.3. The maximum absolute atomic E-state index is 12.0. The van der Waals surface area contributed by atoms with Crippen LogP contribution in [0, 0.1) is 22.7 Å². The number of hydrogen-bond acceptors (Lipinski definition) is 2. The lowest BCUT2D eigenvalue weighted by Gasteiger charge is -2.56. The summed E-state index contributed by atoms with van der Waals surface area (Å²) < 4.78 is 0. The highest BCUT2D eigenvalue weighted by molar-refractivity contribution is 5.94. The summed E-state index contributed by atoms with van der Waals surface area (Å²) in [5.41, 5.74) is 3.34. The molecule has 2 nitrogen and oxygen atoms in total. The summed E-state index contributed by atoms with van der Waals surface area (Å²) in [7, 11) is 0. The van der Waals surface area contributed by atoms with Gasteiger partial charge in [-0.05, 0) is 67.3 Å². The molecule has 0 amide bonds. The van der Waals surface area contributed by atoms with Crippen LogP contribution < -0.4 is 0 Å². The molecule has 0 saturated heterocycles. The molecule has 5 atom stereocenters. The Hall–Kier alpha value is -0.890. The second-order valence-electron chi connectivity index (χ2n) is 8.33. The standard InChI is InChI=1S/C19H26O2/c1-18-8-7-16-15(17(18)9-14(21)10-18)6-4-12-3-5-13(20)11-19(12,16)2/h3,9,13,15-16,20H,4-8,10-11H2,1-2H3/t13?,15-,16+,18-,19+/m1/s1.